The number of hydrogen-bond acceptors (Lipinski definition) is 2. The molecule has 0 fully saturated rings. The van der Waals surface area contributed by atoms with Gasteiger partial charge in [-0.25, -0.2) is 4.98 Å². The van der Waals surface area contributed by atoms with E-state index in [0.717, 1.165) is 17.1 Å². The van der Waals surface area contributed by atoms with Gasteiger partial charge in [0.15, 0.2) is 11.6 Å². The summed E-state index contributed by atoms with van der Waals surface area (Å²) in [5.41, 5.74) is 0.953. The van der Waals surface area contributed by atoms with Gasteiger partial charge in [-0.1, -0.05) is 11.6 Å². The molecule has 0 radical (unpaired) electrons. The Balaban J connectivity index is 2.29. The number of fused-ring (bicyclic) bond motifs is 1. The molecule has 4 heteroatoms. The van der Waals surface area contributed by atoms with Crippen LogP contribution in [0.25, 0.3) is 17.1 Å². The van der Waals surface area contributed by atoms with Crippen LogP contribution < -0.4 is 0 Å². The van der Waals surface area contributed by atoms with Crippen molar-refractivity contribution in [3.8, 4) is 11.6 Å². The first-order valence-corrected chi connectivity index (χ1v) is 4.89. The maximum absolute atomic E-state index is 5.89. The Hall–Kier alpha value is -1.74. The van der Waals surface area contributed by atoms with Crippen molar-refractivity contribution in [2.45, 2.75) is 0 Å². The highest BCUT2D eigenvalue weighted by Crippen LogP contribution is 2.21. The minimum absolute atomic E-state index is 0.702. The van der Waals surface area contributed by atoms with Gasteiger partial charge in [0.1, 0.15) is 0 Å². The Bertz CT molecular complexity index is 598. The van der Waals surface area contributed by atoms with Gasteiger partial charge in [-0.3, -0.25) is 4.40 Å². The molecule has 0 bridgehead atoms. The number of hydrogen-bond donors (Lipinski definition) is 0. The second-order valence-electron chi connectivity index (χ2n) is 3.20. The van der Waals surface area contributed by atoms with Crippen LogP contribution in [0.2, 0.25) is 5.02 Å². The maximum Gasteiger partial charge on any atom is 0.180 e. The van der Waals surface area contributed by atoms with E-state index in [9.17, 15) is 0 Å². The lowest BCUT2D eigenvalue weighted by molar-refractivity contribution is 0.577. The molecule has 0 atom stereocenters. The number of imidazole rings is 1. The average molecular weight is 219 g/mol. The molecule has 3 aromatic heterocycles. The lowest BCUT2D eigenvalue weighted by Gasteiger charge is -1.97. The van der Waals surface area contributed by atoms with Crippen molar-refractivity contribution in [3.63, 3.8) is 0 Å². The van der Waals surface area contributed by atoms with Crippen molar-refractivity contribution in [1.82, 2.24) is 9.38 Å². The molecule has 3 heterocycles. The van der Waals surface area contributed by atoms with Crippen molar-refractivity contribution in [1.29, 1.82) is 0 Å². The molecule has 0 saturated heterocycles. The molecule has 15 heavy (non-hydrogen) atoms. The predicted molar refractivity (Wildman–Crippen MR) is 57.9 cm³/mol. The highest BCUT2D eigenvalue weighted by Gasteiger charge is 2.08. The van der Waals surface area contributed by atoms with Gasteiger partial charge in [0, 0.05) is 11.2 Å². The quantitative estimate of drug-likeness (QED) is 0.628. The summed E-state index contributed by atoms with van der Waals surface area (Å²) < 4.78 is 7.24. The molecular weight excluding hydrogens is 212 g/mol. The molecule has 74 valence electrons. The van der Waals surface area contributed by atoms with Gasteiger partial charge in [0.25, 0.3) is 0 Å². The summed E-state index contributed by atoms with van der Waals surface area (Å²) in [5.74, 6) is 1.53. The van der Waals surface area contributed by atoms with Gasteiger partial charge in [-0.05, 0) is 24.3 Å². The molecule has 3 nitrogen and oxygen atoms in total. The van der Waals surface area contributed by atoms with Crippen LogP contribution in [0, 0.1) is 0 Å². The molecule has 0 N–H and O–H groups in total. The first-order chi connectivity index (χ1) is 7.34. The SMILES string of the molecule is Clc1ccn2c(-c3ccco3)ncc2c1. The van der Waals surface area contributed by atoms with Crippen LogP contribution >= 0.6 is 11.6 Å². The lowest BCUT2D eigenvalue weighted by Crippen LogP contribution is -1.86. The second-order valence-corrected chi connectivity index (χ2v) is 3.64. The summed E-state index contributed by atoms with van der Waals surface area (Å²) in [7, 11) is 0. The lowest BCUT2D eigenvalue weighted by atomic mass is 10.4. The predicted octanol–water partition coefficient (Wildman–Crippen LogP) is 3.25. The summed E-state index contributed by atoms with van der Waals surface area (Å²) in [6.45, 7) is 0. The van der Waals surface area contributed by atoms with Crippen LogP contribution in [-0.2, 0) is 0 Å². The highest BCUT2D eigenvalue weighted by molar-refractivity contribution is 6.30. The van der Waals surface area contributed by atoms with Gasteiger partial charge < -0.3 is 4.42 Å². The van der Waals surface area contributed by atoms with Crippen molar-refractivity contribution < 1.29 is 4.42 Å². The van der Waals surface area contributed by atoms with Crippen LogP contribution in [0.15, 0.2) is 47.3 Å². The van der Waals surface area contributed by atoms with Crippen LogP contribution in [0.3, 0.4) is 0 Å². The van der Waals surface area contributed by atoms with Gasteiger partial charge in [0.2, 0.25) is 0 Å². The van der Waals surface area contributed by atoms with E-state index in [1.165, 1.54) is 0 Å². The molecule has 0 amide bonds. The zero-order chi connectivity index (χ0) is 10.3. The van der Waals surface area contributed by atoms with E-state index in [1.54, 1.807) is 12.5 Å². The van der Waals surface area contributed by atoms with Gasteiger partial charge in [-0.2, -0.15) is 0 Å². The molecular formula is C11H7ClN2O. The zero-order valence-electron chi connectivity index (χ0n) is 7.72. The first kappa shape index (κ1) is 8.56. The summed E-state index contributed by atoms with van der Waals surface area (Å²) in [4.78, 5) is 4.29. The minimum atomic E-state index is 0.702. The molecule has 0 unspecified atom stereocenters. The summed E-state index contributed by atoms with van der Waals surface area (Å²) >= 11 is 5.89. The van der Waals surface area contributed by atoms with Crippen LogP contribution in [0.4, 0.5) is 0 Å². The Morgan fingerprint density at radius 1 is 1.33 bits per heavy atom. The third-order valence-electron chi connectivity index (χ3n) is 2.24. The number of furan rings is 1. The Morgan fingerprint density at radius 2 is 2.27 bits per heavy atom. The fourth-order valence-corrected chi connectivity index (χ4v) is 1.73. The monoisotopic (exact) mass is 218 g/mol. The normalized spacial score (nSPS) is 11.0. The summed E-state index contributed by atoms with van der Waals surface area (Å²) in [5, 5.41) is 0.702. The molecule has 0 saturated carbocycles. The molecule has 3 aromatic rings. The van der Waals surface area contributed by atoms with E-state index >= 15 is 0 Å². The Labute approximate surface area is 90.9 Å². The molecule has 0 aliphatic carbocycles. The average Bonchev–Trinajstić information content (AvgIpc) is 2.82. The fourth-order valence-electron chi connectivity index (χ4n) is 1.56. The Kier molecular flexibility index (Phi) is 1.79. The molecule has 0 aromatic carbocycles. The first-order valence-electron chi connectivity index (χ1n) is 4.51. The van der Waals surface area contributed by atoms with Gasteiger partial charge >= 0.3 is 0 Å². The van der Waals surface area contributed by atoms with E-state index in [2.05, 4.69) is 4.98 Å². The molecule has 0 aliphatic heterocycles. The zero-order valence-corrected chi connectivity index (χ0v) is 8.48. The van der Waals surface area contributed by atoms with E-state index in [0.29, 0.717) is 5.02 Å². The fraction of sp³-hybridized carbons (Fsp3) is 0. The van der Waals surface area contributed by atoms with Crippen LogP contribution in [0.1, 0.15) is 0 Å². The third kappa shape index (κ3) is 1.32. The van der Waals surface area contributed by atoms with Crippen molar-refractivity contribution >= 4 is 17.1 Å². The smallest absolute Gasteiger partial charge is 0.180 e. The highest BCUT2D eigenvalue weighted by atomic mass is 35.5. The van der Waals surface area contributed by atoms with Crippen molar-refractivity contribution in [2.75, 3.05) is 0 Å². The van der Waals surface area contributed by atoms with Crippen LogP contribution in [-0.4, -0.2) is 9.38 Å². The van der Waals surface area contributed by atoms with E-state index < -0.39 is 0 Å². The van der Waals surface area contributed by atoms with Crippen molar-refractivity contribution in [2.24, 2.45) is 0 Å². The minimum Gasteiger partial charge on any atom is -0.461 e. The number of halogens is 1. The third-order valence-corrected chi connectivity index (χ3v) is 2.47. The number of aromatic nitrogens is 2. The summed E-state index contributed by atoms with van der Waals surface area (Å²) in [6, 6.07) is 7.40. The largest absolute Gasteiger partial charge is 0.461 e. The molecule has 0 aliphatic rings. The van der Waals surface area contributed by atoms with Gasteiger partial charge in [-0.15, -0.1) is 0 Å². The van der Waals surface area contributed by atoms with E-state index in [1.807, 2.05) is 34.9 Å². The van der Waals surface area contributed by atoms with E-state index in [-0.39, 0.29) is 0 Å². The number of nitrogens with zero attached hydrogens (tertiary/aromatic N) is 2. The molecule has 3 rings (SSSR count). The standard InChI is InChI=1S/C11H7ClN2O/c12-8-3-4-14-9(6-8)7-13-11(14)10-2-1-5-15-10/h1-7H. The summed E-state index contributed by atoms with van der Waals surface area (Å²) in [6.07, 6.45) is 5.28. The van der Waals surface area contributed by atoms with Crippen molar-refractivity contribution in [3.05, 3.63) is 47.9 Å². The van der Waals surface area contributed by atoms with E-state index in [4.69, 9.17) is 16.0 Å². The Morgan fingerprint density at radius 3 is 3.07 bits per heavy atom. The topological polar surface area (TPSA) is 30.4 Å². The number of rotatable bonds is 1. The van der Waals surface area contributed by atoms with Crippen LogP contribution in [0.5, 0.6) is 0 Å². The maximum atomic E-state index is 5.89. The molecule has 0 spiro atoms. The number of pyridine rings is 1. The second kappa shape index (κ2) is 3.14. The van der Waals surface area contributed by atoms with Gasteiger partial charge in [0.05, 0.1) is 18.0 Å².